The van der Waals surface area contributed by atoms with Gasteiger partial charge in [-0.2, -0.15) is 0 Å². The van der Waals surface area contributed by atoms with E-state index in [0.717, 1.165) is 20.8 Å². The average Bonchev–Trinajstić information content (AvgIpc) is 2.90. The minimum Gasteiger partial charge on any atom is -0.483 e. The van der Waals surface area contributed by atoms with Crippen molar-refractivity contribution in [2.45, 2.75) is 13.2 Å². The maximum atomic E-state index is 13.9. The highest BCUT2D eigenvalue weighted by molar-refractivity contribution is 7.18. The van der Waals surface area contributed by atoms with Crippen LogP contribution in [0.2, 0.25) is 0 Å². The summed E-state index contributed by atoms with van der Waals surface area (Å²) in [5.74, 6) is -0.0463. The number of nitrogens with one attached hydrogen (secondary N) is 1. The minimum absolute atomic E-state index is 0.275. The Kier molecular flexibility index (Phi) is 4.13. The molecular formula is C16H15FN2OS. The van der Waals surface area contributed by atoms with Gasteiger partial charge in [0.2, 0.25) is 0 Å². The van der Waals surface area contributed by atoms with Crippen molar-refractivity contribution in [2.24, 2.45) is 0 Å². The van der Waals surface area contributed by atoms with Crippen molar-refractivity contribution in [1.29, 1.82) is 0 Å². The van der Waals surface area contributed by atoms with Crippen LogP contribution in [0.5, 0.6) is 5.75 Å². The minimum atomic E-state index is -0.344. The maximum absolute atomic E-state index is 13.9. The Morgan fingerprint density at radius 1 is 1.19 bits per heavy atom. The van der Waals surface area contributed by atoms with Gasteiger partial charge in [0.05, 0.1) is 10.2 Å². The molecule has 0 atom stereocenters. The molecule has 0 fully saturated rings. The van der Waals surface area contributed by atoms with Gasteiger partial charge >= 0.3 is 0 Å². The number of hydrogen-bond donors (Lipinski definition) is 1. The van der Waals surface area contributed by atoms with Gasteiger partial charge in [0, 0.05) is 12.1 Å². The molecule has 108 valence electrons. The van der Waals surface area contributed by atoms with E-state index in [-0.39, 0.29) is 12.4 Å². The fourth-order valence-corrected chi connectivity index (χ4v) is 3.04. The normalized spacial score (nSPS) is 11.0. The maximum Gasteiger partial charge on any atom is 0.165 e. The number of nitrogens with zero attached hydrogens (tertiary/aromatic N) is 1. The highest BCUT2D eigenvalue weighted by atomic mass is 32.1. The standard InChI is InChI=1S/C16H15FN2OS/c1-18-9-11-5-4-6-12(17)16(11)20-10-15-19-13-7-2-3-8-14(13)21-15/h2-8,18H,9-10H2,1H3. The topological polar surface area (TPSA) is 34.1 Å². The number of hydrogen-bond acceptors (Lipinski definition) is 4. The van der Waals surface area contributed by atoms with E-state index in [1.54, 1.807) is 17.4 Å². The molecule has 1 aromatic heterocycles. The van der Waals surface area contributed by atoms with E-state index in [4.69, 9.17) is 4.74 Å². The number of fused-ring (bicyclic) bond motifs is 1. The van der Waals surface area contributed by atoms with Crippen LogP contribution >= 0.6 is 11.3 Å². The Balaban J connectivity index is 1.81. The van der Waals surface area contributed by atoms with Crippen LogP contribution in [0.15, 0.2) is 42.5 Å². The second-order valence-corrected chi connectivity index (χ2v) is 5.74. The number of benzene rings is 2. The fourth-order valence-electron chi connectivity index (χ4n) is 2.16. The summed E-state index contributed by atoms with van der Waals surface area (Å²) in [6, 6.07) is 12.9. The third-order valence-corrected chi connectivity index (χ3v) is 4.10. The summed E-state index contributed by atoms with van der Waals surface area (Å²) in [5.41, 5.74) is 1.75. The number of para-hydroxylation sites is 2. The lowest BCUT2D eigenvalue weighted by molar-refractivity contribution is 0.286. The van der Waals surface area contributed by atoms with Gasteiger partial charge in [-0.1, -0.05) is 24.3 Å². The van der Waals surface area contributed by atoms with Crippen LogP contribution in [0.1, 0.15) is 10.6 Å². The van der Waals surface area contributed by atoms with Gasteiger partial charge in [0.15, 0.2) is 11.6 Å². The van der Waals surface area contributed by atoms with Crippen LogP contribution < -0.4 is 10.1 Å². The number of rotatable bonds is 5. The van der Waals surface area contributed by atoms with Crippen LogP contribution in [-0.4, -0.2) is 12.0 Å². The van der Waals surface area contributed by atoms with Crippen molar-refractivity contribution in [1.82, 2.24) is 10.3 Å². The van der Waals surface area contributed by atoms with Crippen LogP contribution in [0.3, 0.4) is 0 Å². The van der Waals surface area contributed by atoms with E-state index >= 15 is 0 Å². The van der Waals surface area contributed by atoms with Gasteiger partial charge < -0.3 is 10.1 Å². The first-order chi connectivity index (χ1) is 10.3. The zero-order valence-electron chi connectivity index (χ0n) is 11.6. The smallest absolute Gasteiger partial charge is 0.165 e. The number of ether oxygens (including phenoxy) is 1. The van der Waals surface area contributed by atoms with Crippen molar-refractivity contribution in [2.75, 3.05) is 7.05 Å². The predicted octanol–water partition coefficient (Wildman–Crippen LogP) is 3.73. The van der Waals surface area contributed by atoms with Crippen molar-refractivity contribution >= 4 is 21.6 Å². The molecule has 0 saturated heterocycles. The predicted molar refractivity (Wildman–Crippen MR) is 83.1 cm³/mol. The van der Waals surface area contributed by atoms with Gasteiger partial charge in [-0.3, -0.25) is 0 Å². The lowest BCUT2D eigenvalue weighted by atomic mass is 10.2. The molecule has 0 unspecified atom stereocenters. The summed E-state index contributed by atoms with van der Waals surface area (Å²) in [6.45, 7) is 0.837. The molecule has 3 rings (SSSR count). The molecule has 0 aliphatic rings. The molecule has 3 aromatic rings. The fraction of sp³-hybridized carbons (Fsp3) is 0.188. The Morgan fingerprint density at radius 2 is 2.05 bits per heavy atom. The lowest BCUT2D eigenvalue weighted by Gasteiger charge is -2.11. The molecule has 0 aliphatic carbocycles. The Labute approximate surface area is 126 Å². The number of aromatic nitrogens is 1. The van der Waals surface area contributed by atoms with Crippen molar-refractivity contribution in [3.8, 4) is 5.75 Å². The highest BCUT2D eigenvalue weighted by Gasteiger charge is 2.11. The van der Waals surface area contributed by atoms with E-state index in [0.29, 0.717) is 12.3 Å². The van der Waals surface area contributed by atoms with E-state index in [9.17, 15) is 4.39 Å². The van der Waals surface area contributed by atoms with Gasteiger partial charge in [-0.15, -0.1) is 11.3 Å². The molecule has 21 heavy (non-hydrogen) atoms. The summed E-state index contributed by atoms with van der Waals surface area (Å²) >= 11 is 1.57. The molecule has 0 amide bonds. The van der Waals surface area contributed by atoms with Gasteiger partial charge in [-0.05, 0) is 25.2 Å². The van der Waals surface area contributed by atoms with Gasteiger partial charge in [0.1, 0.15) is 11.6 Å². The Morgan fingerprint density at radius 3 is 2.86 bits per heavy atom. The molecule has 0 radical (unpaired) electrons. The Bertz CT molecular complexity index is 724. The molecule has 0 bridgehead atoms. The second kappa shape index (κ2) is 6.20. The lowest BCUT2D eigenvalue weighted by Crippen LogP contribution is -2.08. The van der Waals surface area contributed by atoms with Crippen LogP contribution in [0.25, 0.3) is 10.2 Å². The summed E-state index contributed by atoms with van der Waals surface area (Å²) in [4.78, 5) is 4.49. The summed E-state index contributed by atoms with van der Waals surface area (Å²) < 4.78 is 20.7. The van der Waals surface area contributed by atoms with E-state index < -0.39 is 0 Å². The first-order valence-electron chi connectivity index (χ1n) is 6.67. The number of halogens is 1. The van der Waals surface area contributed by atoms with Gasteiger partial charge in [-0.25, -0.2) is 9.37 Å². The molecule has 1 heterocycles. The Hall–Kier alpha value is -1.98. The molecule has 0 saturated carbocycles. The van der Waals surface area contributed by atoms with Crippen molar-refractivity contribution in [3.63, 3.8) is 0 Å². The average molecular weight is 302 g/mol. The van der Waals surface area contributed by atoms with Crippen molar-refractivity contribution in [3.05, 3.63) is 58.9 Å². The molecule has 1 N–H and O–H groups in total. The molecular weight excluding hydrogens is 287 g/mol. The summed E-state index contributed by atoms with van der Waals surface area (Å²) in [7, 11) is 1.82. The zero-order chi connectivity index (χ0) is 14.7. The highest BCUT2D eigenvalue weighted by Crippen LogP contribution is 2.26. The molecule has 0 aliphatic heterocycles. The molecule has 2 aromatic carbocycles. The summed E-state index contributed by atoms with van der Waals surface area (Å²) in [6.07, 6.45) is 0. The van der Waals surface area contributed by atoms with Crippen molar-refractivity contribution < 1.29 is 9.13 Å². The first-order valence-corrected chi connectivity index (χ1v) is 7.49. The van der Waals surface area contributed by atoms with Crippen LogP contribution in [-0.2, 0) is 13.2 Å². The molecule has 5 heteroatoms. The van der Waals surface area contributed by atoms with Crippen LogP contribution in [0.4, 0.5) is 4.39 Å². The quantitative estimate of drug-likeness (QED) is 0.779. The van der Waals surface area contributed by atoms with Crippen LogP contribution in [0, 0.1) is 5.82 Å². The first kappa shape index (κ1) is 14.0. The van der Waals surface area contributed by atoms with E-state index in [1.807, 2.05) is 37.4 Å². The molecule has 3 nitrogen and oxygen atoms in total. The van der Waals surface area contributed by atoms with E-state index in [2.05, 4.69) is 10.3 Å². The largest absolute Gasteiger partial charge is 0.483 e. The second-order valence-electron chi connectivity index (χ2n) is 4.62. The number of thiazole rings is 1. The zero-order valence-corrected chi connectivity index (χ0v) is 12.4. The third kappa shape index (κ3) is 3.04. The van der Waals surface area contributed by atoms with Gasteiger partial charge in [0.25, 0.3) is 0 Å². The molecule has 0 spiro atoms. The summed E-state index contributed by atoms with van der Waals surface area (Å²) in [5, 5.41) is 3.85. The SMILES string of the molecule is CNCc1cccc(F)c1OCc1nc2ccccc2s1. The van der Waals surface area contributed by atoms with E-state index in [1.165, 1.54) is 6.07 Å². The monoisotopic (exact) mass is 302 g/mol. The third-order valence-electron chi connectivity index (χ3n) is 3.09.